The highest BCUT2D eigenvalue weighted by Gasteiger charge is 2.33. The quantitative estimate of drug-likeness (QED) is 0.789. The minimum absolute atomic E-state index is 0.125. The van der Waals surface area contributed by atoms with Crippen molar-refractivity contribution in [1.82, 2.24) is 4.90 Å². The average molecular weight is 240 g/mol. The second-order valence-corrected chi connectivity index (χ2v) is 5.80. The van der Waals surface area contributed by atoms with Gasteiger partial charge in [0.15, 0.2) is 0 Å². The third-order valence-electron chi connectivity index (χ3n) is 2.71. The van der Waals surface area contributed by atoms with E-state index >= 15 is 0 Å². The van der Waals surface area contributed by atoms with Crippen molar-refractivity contribution >= 4 is 22.4 Å². The molecule has 0 aromatic carbocycles. The fraction of sp³-hybridized carbons (Fsp3) is 0.545. The van der Waals surface area contributed by atoms with Crippen molar-refractivity contribution in [3.63, 3.8) is 0 Å². The number of nitrogens with zero attached hydrogens (tertiary/aromatic N) is 1. The minimum atomic E-state index is -0.733. The van der Waals surface area contributed by atoms with Gasteiger partial charge in [0.25, 0.3) is 0 Å². The first kappa shape index (κ1) is 11.4. The van der Waals surface area contributed by atoms with Gasteiger partial charge in [0.2, 0.25) is 0 Å². The van der Waals surface area contributed by atoms with Crippen LogP contribution in [-0.4, -0.2) is 34.7 Å². The van der Waals surface area contributed by atoms with E-state index in [0.717, 1.165) is 5.00 Å². The molecule has 88 valence electrons. The number of β-amino-alcohol motifs (C(OH)–C–C–N with tert-alkyl or cyclic N) is 1. The Bertz CT molecular complexity index is 400. The van der Waals surface area contributed by atoms with Crippen molar-refractivity contribution in [2.75, 3.05) is 18.4 Å². The molecule has 4 nitrogen and oxygen atoms in total. The maximum absolute atomic E-state index is 11.8. The Balaban J connectivity index is 1.94. The lowest BCUT2D eigenvalue weighted by molar-refractivity contribution is 0.0727. The zero-order valence-electron chi connectivity index (χ0n) is 9.49. The summed E-state index contributed by atoms with van der Waals surface area (Å²) in [5, 5.41) is 13.5. The molecule has 2 amide bonds. The van der Waals surface area contributed by atoms with Crippen molar-refractivity contribution < 1.29 is 9.90 Å². The molecule has 2 N–H and O–H groups in total. The highest BCUT2D eigenvalue weighted by Crippen LogP contribution is 2.24. The number of carbonyl (C=O) groups is 1. The molecule has 0 saturated carbocycles. The minimum Gasteiger partial charge on any atom is -0.388 e. The van der Waals surface area contributed by atoms with Gasteiger partial charge in [-0.25, -0.2) is 4.79 Å². The van der Waals surface area contributed by atoms with Gasteiger partial charge in [-0.3, -0.25) is 5.32 Å². The van der Waals surface area contributed by atoms with Gasteiger partial charge in [0.05, 0.1) is 17.1 Å². The van der Waals surface area contributed by atoms with Gasteiger partial charge >= 0.3 is 6.03 Å². The monoisotopic (exact) mass is 240 g/mol. The van der Waals surface area contributed by atoms with E-state index in [-0.39, 0.29) is 6.03 Å². The maximum Gasteiger partial charge on any atom is 0.322 e. The third-order valence-corrected chi connectivity index (χ3v) is 3.63. The molecule has 5 heteroatoms. The van der Waals surface area contributed by atoms with Crippen molar-refractivity contribution in [3.05, 3.63) is 17.0 Å². The number of hydrogen-bond donors (Lipinski definition) is 2. The number of rotatable bonds is 1. The molecule has 0 unspecified atom stereocenters. The maximum atomic E-state index is 11.8. The summed E-state index contributed by atoms with van der Waals surface area (Å²) in [4.78, 5) is 14.6. The largest absolute Gasteiger partial charge is 0.388 e. The topological polar surface area (TPSA) is 52.6 Å². The van der Waals surface area contributed by atoms with Gasteiger partial charge in [-0.2, -0.15) is 0 Å². The molecule has 0 spiro atoms. The van der Waals surface area contributed by atoms with E-state index in [1.807, 2.05) is 19.1 Å². The number of amides is 2. The molecule has 16 heavy (non-hydrogen) atoms. The van der Waals surface area contributed by atoms with Crippen molar-refractivity contribution in [2.45, 2.75) is 25.9 Å². The van der Waals surface area contributed by atoms with Gasteiger partial charge < -0.3 is 10.0 Å². The van der Waals surface area contributed by atoms with Crippen molar-refractivity contribution in [3.8, 4) is 0 Å². The average Bonchev–Trinajstić information content (AvgIpc) is 2.72. The van der Waals surface area contributed by atoms with E-state index in [1.165, 1.54) is 4.88 Å². The molecule has 2 heterocycles. The summed E-state index contributed by atoms with van der Waals surface area (Å²) in [7, 11) is 0. The zero-order chi connectivity index (χ0) is 11.8. The fourth-order valence-corrected chi connectivity index (χ4v) is 2.56. The lowest BCUT2D eigenvalue weighted by Crippen LogP contribution is -2.36. The standard InChI is InChI=1S/C11H16N2O2S/c1-8-3-4-9(16-8)12-10(14)13-6-5-11(2,15)7-13/h3-4,15H,5-7H2,1-2H3,(H,12,14)/t11-/m1/s1. The summed E-state index contributed by atoms with van der Waals surface area (Å²) in [6.07, 6.45) is 0.643. The number of hydrogen-bond acceptors (Lipinski definition) is 3. The molecule has 0 bridgehead atoms. The number of anilines is 1. The molecular weight excluding hydrogens is 224 g/mol. The number of aryl methyl sites for hydroxylation is 1. The smallest absolute Gasteiger partial charge is 0.322 e. The normalized spacial score (nSPS) is 24.8. The number of thiophene rings is 1. The third kappa shape index (κ3) is 2.54. The molecule has 1 aliphatic heterocycles. The molecule has 0 aliphatic carbocycles. The Hall–Kier alpha value is -1.07. The van der Waals surface area contributed by atoms with E-state index in [4.69, 9.17) is 0 Å². The van der Waals surface area contributed by atoms with Gasteiger partial charge in [0, 0.05) is 11.4 Å². The Labute approximate surface area is 98.9 Å². The summed E-state index contributed by atoms with van der Waals surface area (Å²) in [5.41, 5.74) is -0.733. The van der Waals surface area contributed by atoms with E-state index in [0.29, 0.717) is 19.5 Å². The molecule has 0 radical (unpaired) electrons. The molecular formula is C11H16N2O2S. The fourth-order valence-electron chi connectivity index (χ4n) is 1.80. The summed E-state index contributed by atoms with van der Waals surface area (Å²) in [5.74, 6) is 0. The van der Waals surface area contributed by atoms with Crippen LogP contribution < -0.4 is 5.32 Å². The van der Waals surface area contributed by atoms with Crippen LogP contribution in [0.2, 0.25) is 0 Å². The van der Waals surface area contributed by atoms with Crippen molar-refractivity contribution in [1.29, 1.82) is 0 Å². The highest BCUT2D eigenvalue weighted by molar-refractivity contribution is 7.16. The van der Waals surface area contributed by atoms with Crippen LogP contribution in [0.3, 0.4) is 0 Å². The number of urea groups is 1. The van der Waals surface area contributed by atoms with E-state index in [1.54, 1.807) is 23.2 Å². The van der Waals surface area contributed by atoms with Crippen LogP contribution in [-0.2, 0) is 0 Å². The first-order chi connectivity index (χ1) is 7.46. The van der Waals surface area contributed by atoms with Gasteiger partial charge in [-0.15, -0.1) is 11.3 Å². The lowest BCUT2D eigenvalue weighted by Gasteiger charge is -2.18. The van der Waals surface area contributed by atoms with Crippen LogP contribution in [0.4, 0.5) is 9.80 Å². The zero-order valence-corrected chi connectivity index (χ0v) is 10.3. The van der Waals surface area contributed by atoms with Crippen molar-refractivity contribution in [2.24, 2.45) is 0 Å². The number of carbonyl (C=O) groups excluding carboxylic acids is 1. The van der Waals surface area contributed by atoms with E-state index < -0.39 is 5.60 Å². The summed E-state index contributed by atoms with van der Waals surface area (Å²) in [6, 6.07) is 3.74. The number of likely N-dealkylation sites (tertiary alicyclic amines) is 1. The SMILES string of the molecule is Cc1ccc(NC(=O)N2CC[C@@](C)(O)C2)s1. The Kier molecular flexibility index (Phi) is 2.90. The predicted octanol–water partition coefficient (Wildman–Crippen LogP) is 2.05. The molecule has 1 aromatic rings. The predicted molar refractivity (Wildman–Crippen MR) is 64.9 cm³/mol. The van der Waals surface area contributed by atoms with Gasteiger partial charge in [0.1, 0.15) is 0 Å². The van der Waals surface area contributed by atoms with Crippen LogP contribution in [0.15, 0.2) is 12.1 Å². The Morgan fingerprint density at radius 3 is 2.88 bits per heavy atom. The van der Waals surface area contributed by atoms with E-state index in [2.05, 4.69) is 5.32 Å². The highest BCUT2D eigenvalue weighted by atomic mass is 32.1. The summed E-state index contributed by atoms with van der Waals surface area (Å²) >= 11 is 1.55. The van der Waals surface area contributed by atoms with Crippen LogP contribution >= 0.6 is 11.3 Å². The van der Waals surface area contributed by atoms with Crippen LogP contribution in [0.1, 0.15) is 18.2 Å². The number of aliphatic hydroxyl groups is 1. The molecule has 1 saturated heterocycles. The summed E-state index contributed by atoms with van der Waals surface area (Å²) < 4.78 is 0. The molecule has 1 aromatic heterocycles. The molecule has 1 atom stereocenters. The Morgan fingerprint density at radius 2 is 2.38 bits per heavy atom. The van der Waals surface area contributed by atoms with Crippen LogP contribution in [0.5, 0.6) is 0 Å². The molecule has 1 fully saturated rings. The second-order valence-electron chi connectivity index (χ2n) is 4.51. The second kappa shape index (κ2) is 4.07. The van der Waals surface area contributed by atoms with Gasteiger partial charge in [-0.05, 0) is 32.4 Å². The van der Waals surface area contributed by atoms with Crippen LogP contribution in [0, 0.1) is 6.92 Å². The lowest BCUT2D eigenvalue weighted by atomic mass is 10.1. The van der Waals surface area contributed by atoms with Crippen LogP contribution in [0.25, 0.3) is 0 Å². The molecule has 1 aliphatic rings. The molecule has 2 rings (SSSR count). The number of nitrogens with one attached hydrogen (secondary N) is 1. The first-order valence-corrected chi connectivity index (χ1v) is 6.13. The Morgan fingerprint density at radius 1 is 1.62 bits per heavy atom. The first-order valence-electron chi connectivity index (χ1n) is 5.31. The summed E-state index contributed by atoms with van der Waals surface area (Å²) in [6.45, 7) is 4.78. The van der Waals surface area contributed by atoms with E-state index in [9.17, 15) is 9.90 Å². The van der Waals surface area contributed by atoms with Gasteiger partial charge in [-0.1, -0.05) is 0 Å².